The molecule has 0 saturated heterocycles. The second-order valence-electron chi connectivity index (χ2n) is 7.99. The summed E-state index contributed by atoms with van der Waals surface area (Å²) in [5, 5.41) is 5.30. The van der Waals surface area contributed by atoms with Crippen LogP contribution in [0.3, 0.4) is 0 Å². The summed E-state index contributed by atoms with van der Waals surface area (Å²) < 4.78 is 16.9. The molecule has 192 valence electrons. The number of nitrogens with one attached hydrogen (secondary N) is 3. The fourth-order valence-electron chi connectivity index (χ4n) is 3.54. The van der Waals surface area contributed by atoms with E-state index in [-0.39, 0.29) is 42.8 Å². The molecule has 12 heteroatoms. The molecule has 3 aromatic rings. The molecule has 4 rings (SSSR count). The predicted octanol–water partition coefficient (Wildman–Crippen LogP) is 1.65. The standard InChI is InChI=1S/C25H25N5O7/c1-3-26-24(33)28-18-6-4-15(5-7-18)12-30-22(31)19-11-17(14-36-21(19)29-25(30)34)23(32)37-13-16-8-9-27-20(10-16)35-2/h4-11H,3,12-14H2,1-2H3,(H,29,34)(H2,26,28,33). The number of carbonyl (C=O) groups is 2. The van der Waals surface area contributed by atoms with Crippen LogP contribution in [0.1, 0.15) is 23.6 Å². The van der Waals surface area contributed by atoms with Crippen molar-refractivity contribution in [1.82, 2.24) is 19.9 Å². The van der Waals surface area contributed by atoms with E-state index >= 15 is 0 Å². The number of amides is 2. The Balaban J connectivity index is 1.50. The Morgan fingerprint density at radius 2 is 1.95 bits per heavy atom. The van der Waals surface area contributed by atoms with Crippen LogP contribution in [-0.4, -0.2) is 46.8 Å². The zero-order valence-corrected chi connectivity index (χ0v) is 20.2. The third kappa shape index (κ3) is 6.04. The van der Waals surface area contributed by atoms with Gasteiger partial charge in [-0.2, -0.15) is 0 Å². The van der Waals surface area contributed by atoms with E-state index in [1.807, 2.05) is 6.92 Å². The molecule has 0 radical (unpaired) electrons. The Morgan fingerprint density at radius 3 is 2.68 bits per heavy atom. The summed E-state index contributed by atoms with van der Waals surface area (Å²) in [5.74, 6) is -0.281. The second kappa shape index (κ2) is 11.2. The molecule has 2 amide bonds. The predicted molar refractivity (Wildman–Crippen MR) is 134 cm³/mol. The van der Waals surface area contributed by atoms with Crippen LogP contribution in [0.5, 0.6) is 11.8 Å². The summed E-state index contributed by atoms with van der Waals surface area (Å²) in [6.45, 7) is 2.09. The lowest BCUT2D eigenvalue weighted by Gasteiger charge is -2.17. The SMILES string of the molecule is CCNC(=O)Nc1ccc(Cn2c(=O)[nH]c3c(c2=O)C=C(C(=O)OCc2ccnc(OC)c2)CO3)cc1. The number of hydrogen-bond acceptors (Lipinski definition) is 8. The molecule has 0 unspecified atom stereocenters. The zero-order valence-electron chi connectivity index (χ0n) is 20.2. The van der Waals surface area contributed by atoms with Gasteiger partial charge in [-0.15, -0.1) is 0 Å². The van der Waals surface area contributed by atoms with Gasteiger partial charge in [-0.05, 0) is 42.3 Å². The zero-order chi connectivity index (χ0) is 26.4. The van der Waals surface area contributed by atoms with Crippen LogP contribution >= 0.6 is 0 Å². The molecule has 3 N–H and O–H groups in total. The lowest BCUT2D eigenvalue weighted by Crippen LogP contribution is -2.38. The van der Waals surface area contributed by atoms with E-state index in [1.165, 1.54) is 19.4 Å². The molecular weight excluding hydrogens is 482 g/mol. The Bertz CT molecular complexity index is 1460. The Hall–Kier alpha value is -4.87. The number of urea groups is 1. The summed E-state index contributed by atoms with van der Waals surface area (Å²) >= 11 is 0. The van der Waals surface area contributed by atoms with Gasteiger partial charge in [-0.25, -0.2) is 19.4 Å². The number of anilines is 1. The molecular formula is C25H25N5O7. The van der Waals surface area contributed by atoms with Crippen LogP contribution in [0.4, 0.5) is 10.5 Å². The van der Waals surface area contributed by atoms with Crippen LogP contribution in [-0.2, 0) is 22.7 Å². The molecule has 12 nitrogen and oxygen atoms in total. The summed E-state index contributed by atoms with van der Waals surface area (Å²) in [6.07, 6.45) is 2.90. The number of methoxy groups -OCH3 is 1. The minimum absolute atomic E-state index is 0.0110. The fraction of sp³-hybridized carbons (Fsp3) is 0.240. The highest BCUT2D eigenvalue weighted by molar-refractivity contribution is 5.95. The van der Waals surface area contributed by atoms with Crippen LogP contribution in [0.15, 0.2) is 57.8 Å². The number of esters is 1. The summed E-state index contributed by atoms with van der Waals surface area (Å²) in [4.78, 5) is 56.5. The first-order chi connectivity index (χ1) is 17.9. The Morgan fingerprint density at radius 1 is 1.16 bits per heavy atom. The van der Waals surface area contributed by atoms with Gasteiger partial charge in [0.15, 0.2) is 0 Å². The first-order valence-electron chi connectivity index (χ1n) is 11.4. The molecule has 1 aliphatic heterocycles. The minimum atomic E-state index is -0.659. The van der Waals surface area contributed by atoms with Gasteiger partial charge in [0.05, 0.1) is 19.2 Å². The van der Waals surface area contributed by atoms with E-state index in [2.05, 4.69) is 20.6 Å². The smallest absolute Gasteiger partial charge is 0.337 e. The maximum absolute atomic E-state index is 13.1. The number of benzene rings is 1. The van der Waals surface area contributed by atoms with Gasteiger partial charge >= 0.3 is 17.7 Å². The van der Waals surface area contributed by atoms with Gasteiger partial charge in [0, 0.05) is 24.5 Å². The maximum atomic E-state index is 13.1. The highest BCUT2D eigenvalue weighted by Crippen LogP contribution is 2.21. The quantitative estimate of drug-likeness (QED) is 0.389. The average Bonchev–Trinajstić information content (AvgIpc) is 2.90. The molecule has 37 heavy (non-hydrogen) atoms. The number of pyridine rings is 1. The van der Waals surface area contributed by atoms with Crippen molar-refractivity contribution in [3.8, 4) is 11.8 Å². The van der Waals surface area contributed by atoms with Crippen molar-refractivity contribution in [2.75, 3.05) is 25.6 Å². The van der Waals surface area contributed by atoms with Crippen molar-refractivity contribution >= 4 is 23.8 Å². The summed E-state index contributed by atoms with van der Waals surface area (Å²) in [5.41, 5.74) is 0.791. The Labute approximate surface area is 210 Å². The maximum Gasteiger partial charge on any atom is 0.337 e. The molecule has 0 bridgehead atoms. The lowest BCUT2D eigenvalue weighted by molar-refractivity contribution is -0.140. The highest BCUT2D eigenvalue weighted by atomic mass is 16.5. The largest absolute Gasteiger partial charge is 0.481 e. The number of aromatic amines is 1. The van der Waals surface area contributed by atoms with Gasteiger partial charge in [0.25, 0.3) is 5.56 Å². The van der Waals surface area contributed by atoms with Gasteiger partial charge in [0.1, 0.15) is 18.8 Å². The number of aromatic nitrogens is 3. The average molecular weight is 508 g/mol. The molecule has 0 fully saturated rings. The van der Waals surface area contributed by atoms with Crippen molar-refractivity contribution in [1.29, 1.82) is 0 Å². The monoisotopic (exact) mass is 507 g/mol. The van der Waals surface area contributed by atoms with Gasteiger partial charge < -0.3 is 24.8 Å². The third-order valence-corrected chi connectivity index (χ3v) is 5.41. The first kappa shape index (κ1) is 25.2. The van der Waals surface area contributed by atoms with Crippen molar-refractivity contribution in [2.24, 2.45) is 0 Å². The summed E-state index contributed by atoms with van der Waals surface area (Å²) in [7, 11) is 1.48. The molecule has 2 aromatic heterocycles. The number of nitrogens with zero attached hydrogens (tertiary/aromatic N) is 2. The lowest BCUT2D eigenvalue weighted by atomic mass is 10.1. The third-order valence-electron chi connectivity index (χ3n) is 5.41. The van der Waals surface area contributed by atoms with E-state index in [0.29, 0.717) is 29.2 Å². The molecule has 0 saturated carbocycles. The molecule has 1 aromatic carbocycles. The molecule has 0 aliphatic carbocycles. The minimum Gasteiger partial charge on any atom is -0.481 e. The van der Waals surface area contributed by atoms with E-state index in [0.717, 1.165) is 4.57 Å². The normalized spacial score (nSPS) is 12.0. The number of fused-ring (bicyclic) bond motifs is 1. The van der Waals surface area contributed by atoms with Crippen LogP contribution < -0.4 is 31.4 Å². The number of rotatable bonds is 8. The van der Waals surface area contributed by atoms with Crippen molar-refractivity contribution < 1.29 is 23.8 Å². The van der Waals surface area contributed by atoms with Crippen LogP contribution in [0, 0.1) is 0 Å². The van der Waals surface area contributed by atoms with Gasteiger partial charge in [-0.3, -0.25) is 14.3 Å². The van der Waals surface area contributed by atoms with Crippen molar-refractivity contribution in [2.45, 2.75) is 20.1 Å². The molecule has 1 aliphatic rings. The molecule has 0 atom stereocenters. The number of H-pyrrole nitrogens is 1. The fourth-order valence-corrected chi connectivity index (χ4v) is 3.54. The number of carbonyl (C=O) groups excluding carboxylic acids is 2. The van der Waals surface area contributed by atoms with E-state index < -0.39 is 17.2 Å². The molecule has 3 heterocycles. The summed E-state index contributed by atoms with van der Waals surface area (Å²) in [6, 6.07) is 9.70. The number of hydrogen-bond donors (Lipinski definition) is 3. The van der Waals surface area contributed by atoms with E-state index in [4.69, 9.17) is 14.2 Å². The van der Waals surface area contributed by atoms with Crippen LogP contribution in [0.25, 0.3) is 6.08 Å². The second-order valence-corrected chi connectivity index (χ2v) is 7.99. The first-order valence-corrected chi connectivity index (χ1v) is 11.4. The van der Waals surface area contributed by atoms with Crippen molar-refractivity contribution in [3.05, 3.63) is 85.7 Å². The van der Waals surface area contributed by atoms with E-state index in [9.17, 15) is 19.2 Å². The van der Waals surface area contributed by atoms with Crippen LogP contribution in [0.2, 0.25) is 0 Å². The number of ether oxygens (including phenoxy) is 3. The topological polar surface area (TPSA) is 154 Å². The van der Waals surface area contributed by atoms with Gasteiger partial charge in [0.2, 0.25) is 11.8 Å². The van der Waals surface area contributed by atoms with Crippen molar-refractivity contribution in [3.63, 3.8) is 0 Å². The highest BCUT2D eigenvalue weighted by Gasteiger charge is 2.23. The van der Waals surface area contributed by atoms with E-state index in [1.54, 1.807) is 36.4 Å². The Kier molecular flexibility index (Phi) is 7.67. The molecule has 0 spiro atoms. The van der Waals surface area contributed by atoms with Gasteiger partial charge in [-0.1, -0.05) is 12.1 Å².